The second kappa shape index (κ2) is 9.92. The van der Waals surface area contributed by atoms with Gasteiger partial charge in [0.05, 0.1) is 0 Å². The summed E-state index contributed by atoms with van der Waals surface area (Å²) in [6.45, 7) is 4.43. The summed E-state index contributed by atoms with van der Waals surface area (Å²) in [6, 6.07) is 0. The molecule has 0 unspecified atom stereocenters. The number of hydrogen-bond acceptors (Lipinski definition) is 9. The van der Waals surface area contributed by atoms with Crippen molar-refractivity contribution in [2.24, 2.45) is 0 Å². The topological polar surface area (TPSA) is 122 Å². The van der Waals surface area contributed by atoms with Crippen LogP contribution in [0.15, 0.2) is 0 Å². The van der Waals surface area contributed by atoms with Crippen LogP contribution in [-0.4, -0.2) is 39.4 Å². The minimum atomic E-state index is -6.21. The third kappa shape index (κ3) is 7.24. The van der Waals surface area contributed by atoms with E-state index < -0.39 is 76.8 Å². The summed E-state index contributed by atoms with van der Waals surface area (Å²) in [5.74, 6) is -5.34. The van der Waals surface area contributed by atoms with Gasteiger partial charge in [0.2, 0.25) is 11.6 Å². The molecule has 30 heavy (non-hydrogen) atoms. The van der Waals surface area contributed by atoms with Crippen LogP contribution in [0.1, 0.15) is 53.4 Å². The van der Waals surface area contributed by atoms with Crippen LogP contribution in [0, 0.1) is 0 Å². The van der Waals surface area contributed by atoms with Gasteiger partial charge in [-0.1, -0.05) is 36.7 Å². The molecule has 180 valence electrons. The second-order valence-corrected chi connectivity index (χ2v) is 9.50. The molecule has 0 bridgehead atoms. The first-order chi connectivity index (χ1) is 13.3. The van der Waals surface area contributed by atoms with E-state index in [1.807, 2.05) is 0 Å². The maximum atomic E-state index is 12.6. The fourth-order valence-corrected chi connectivity index (χ4v) is 4.61. The Morgan fingerprint density at radius 2 is 0.867 bits per heavy atom. The Balaban J connectivity index is 5.81. The summed E-state index contributed by atoms with van der Waals surface area (Å²) in [7, 11) is -16.1. The van der Waals surface area contributed by atoms with Gasteiger partial charge in [0, 0.05) is 30.2 Å². The van der Waals surface area contributed by atoms with Gasteiger partial charge in [0.1, 0.15) is 0 Å². The molecule has 0 aromatic carbocycles. The SMILES string of the molecule is CCC(CC)(O[P+](=O)OC(CC)(CC)OS(=O)(=O)C(F)(F)F)OS(=O)(=O)C(F)(F)F. The molecule has 9 nitrogen and oxygen atoms in total. The number of hydrogen-bond donors (Lipinski definition) is 0. The Labute approximate surface area is 170 Å². The Kier molecular flexibility index (Phi) is 9.72. The molecule has 0 heterocycles. The van der Waals surface area contributed by atoms with Crippen molar-refractivity contribution in [3.8, 4) is 0 Å². The van der Waals surface area contributed by atoms with E-state index in [0.717, 1.165) is 27.7 Å². The molecule has 0 N–H and O–H groups in total. The fourth-order valence-electron chi connectivity index (χ4n) is 1.81. The zero-order valence-electron chi connectivity index (χ0n) is 16.0. The maximum absolute atomic E-state index is 12.6. The van der Waals surface area contributed by atoms with Crippen LogP contribution >= 0.6 is 8.25 Å². The van der Waals surface area contributed by atoms with Crippen LogP contribution in [0.5, 0.6) is 0 Å². The molecular formula is C12H20F6O9PS2+. The van der Waals surface area contributed by atoms with E-state index in [1.54, 1.807) is 0 Å². The lowest BCUT2D eigenvalue weighted by Gasteiger charge is -2.27. The van der Waals surface area contributed by atoms with Gasteiger partial charge in [-0.05, 0) is 0 Å². The van der Waals surface area contributed by atoms with Crippen molar-refractivity contribution >= 4 is 28.5 Å². The lowest BCUT2D eigenvalue weighted by atomic mass is 10.2. The van der Waals surface area contributed by atoms with Crippen molar-refractivity contribution in [3.05, 3.63) is 0 Å². The molecule has 0 aliphatic rings. The molecule has 0 amide bonds. The van der Waals surface area contributed by atoms with E-state index >= 15 is 0 Å². The minimum absolute atomic E-state index is 0.615. The molecule has 0 aromatic heterocycles. The highest BCUT2D eigenvalue weighted by molar-refractivity contribution is 7.87. The van der Waals surface area contributed by atoms with E-state index in [-0.39, 0.29) is 0 Å². The van der Waals surface area contributed by atoms with Crippen molar-refractivity contribution in [2.75, 3.05) is 0 Å². The lowest BCUT2D eigenvalue weighted by molar-refractivity contribution is -0.165. The van der Waals surface area contributed by atoms with Gasteiger partial charge in [-0.15, -0.1) is 0 Å². The molecule has 0 aromatic rings. The van der Waals surface area contributed by atoms with E-state index in [4.69, 9.17) is 0 Å². The monoisotopic (exact) mass is 517 g/mol. The molecule has 0 aliphatic heterocycles. The molecule has 0 atom stereocenters. The molecule has 0 spiro atoms. The van der Waals surface area contributed by atoms with Gasteiger partial charge in [-0.2, -0.15) is 43.2 Å². The predicted octanol–water partition coefficient (Wildman–Crippen LogP) is 4.44. The summed E-state index contributed by atoms with van der Waals surface area (Å²) in [4.78, 5) is 0. The van der Waals surface area contributed by atoms with Crippen LogP contribution in [0.2, 0.25) is 0 Å². The van der Waals surface area contributed by atoms with Gasteiger partial charge in [0.15, 0.2) is 0 Å². The van der Waals surface area contributed by atoms with Crippen molar-refractivity contribution in [3.63, 3.8) is 0 Å². The molecule has 0 saturated heterocycles. The molecule has 0 saturated carbocycles. The first kappa shape index (κ1) is 29.4. The molecule has 18 heteroatoms. The standard InChI is InChI=1S/C12H20F6O9PS2/c1-5-9(6-2,26-29(20,21)11(13,14)15)24-28(19)25-10(7-3,8-4)27-30(22,23)12(16,17)18/h5-8H2,1-4H3/q+1. The van der Waals surface area contributed by atoms with E-state index in [1.165, 1.54) is 0 Å². The van der Waals surface area contributed by atoms with Crippen LogP contribution in [0.4, 0.5) is 26.3 Å². The largest absolute Gasteiger partial charge is 0.703 e. The second-order valence-electron chi connectivity index (χ2n) is 5.61. The zero-order valence-corrected chi connectivity index (χ0v) is 18.6. The van der Waals surface area contributed by atoms with Crippen LogP contribution in [0.3, 0.4) is 0 Å². The molecule has 0 rings (SSSR count). The van der Waals surface area contributed by atoms with E-state index in [9.17, 15) is 47.7 Å². The summed E-state index contributed by atoms with van der Waals surface area (Å²) >= 11 is 0. The van der Waals surface area contributed by atoms with Gasteiger partial charge >= 0.3 is 39.5 Å². The average Bonchev–Trinajstić information content (AvgIpc) is 2.57. The number of rotatable bonds is 12. The predicted molar refractivity (Wildman–Crippen MR) is 88.5 cm³/mol. The first-order valence-electron chi connectivity index (χ1n) is 8.15. The van der Waals surface area contributed by atoms with Crippen molar-refractivity contribution in [1.29, 1.82) is 0 Å². The molecular weight excluding hydrogens is 497 g/mol. The highest BCUT2D eigenvalue weighted by Crippen LogP contribution is 2.45. The highest BCUT2D eigenvalue weighted by atomic mass is 32.2. The van der Waals surface area contributed by atoms with Crippen molar-refractivity contribution < 1.29 is 65.2 Å². The van der Waals surface area contributed by atoms with Gasteiger partial charge in [-0.25, -0.2) is 8.37 Å². The first-order valence-corrected chi connectivity index (χ1v) is 12.1. The zero-order chi connectivity index (χ0) is 24.2. The summed E-state index contributed by atoms with van der Waals surface area (Å²) < 4.78 is 150. The third-order valence-corrected chi connectivity index (χ3v) is 6.87. The van der Waals surface area contributed by atoms with E-state index in [0.29, 0.717) is 0 Å². The quantitative estimate of drug-likeness (QED) is 0.122. The van der Waals surface area contributed by atoms with Crippen LogP contribution in [0.25, 0.3) is 0 Å². The van der Waals surface area contributed by atoms with E-state index in [2.05, 4.69) is 17.4 Å². The van der Waals surface area contributed by atoms with Crippen LogP contribution in [-0.2, 0) is 42.2 Å². The summed E-state index contributed by atoms with van der Waals surface area (Å²) in [5.41, 5.74) is -11.7. The maximum Gasteiger partial charge on any atom is 0.703 e. The Morgan fingerprint density at radius 1 is 0.633 bits per heavy atom. The normalized spacial score (nSPS) is 14.7. The number of halogens is 6. The van der Waals surface area contributed by atoms with Gasteiger partial charge in [0.25, 0.3) is 0 Å². The molecule has 0 aliphatic carbocycles. The molecule has 0 radical (unpaired) electrons. The van der Waals surface area contributed by atoms with Gasteiger partial charge < -0.3 is 0 Å². The Morgan fingerprint density at radius 3 is 1.03 bits per heavy atom. The summed E-state index contributed by atoms with van der Waals surface area (Å²) in [6.07, 6.45) is -2.46. The fraction of sp³-hybridized carbons (Fsp3) is 1.00. The lowest BCUT2D eigenvalue weighted by Crippen LogP contribution is -2.42. The Hall–Kier alpha value is -0.580. The molecule has 0 fully saturated rings. The van der Waals surface area contributed by atoms with Crippen molar-refractivity contribution in [1.82, 2.24) is 0 Å². The Bertz CT molecular complexity index is 733. The third-order valence-electron chi connectivity index (χ3n) is 3.73. The van der Waals surface area contributed by atoms with Crippen molar-refractivity contribution in [2.45, 2.75) is 76.0 Å². The average molecular weight is 517 g/mol. The minimum Gasteiger partial charge on any atom is -0.223 e. The van der Waals surface area contributed by atoms with Crippen LogP contribution < -0.4 is 0 Å². The highest BCUT2D eigenvalue weighted by Gasteiger charge is 2.58. The van der Waals surface area contributed by atoms with Gasteiger partial charge in [-0.3, -0.25) is 0 Å². The number of alkyl halides is 6. The summed E-state index contributed by atoms with van der Waals surface area (Å²) in [5, 5.41) is 0. The smallest absolute Gasteiger partial charge is 0.223 e.